The third kappa shape index (κ3) is 2.75. The largest absolute Gasteiger partial charge is 0.0988 e. The molecule has 0 heteroatoms. The standard InChI is InChI=1S/C11H16/c1-4-10(11-7-8-11)6-5-9(2)3/h4-6,11H,1,7-8H2,2-3H3/b10-6+. The maximum atomic E-state index is 3.80. The molecule has 0 nitrogen and oxygen atoms in total. The highest BCUT2D eigenvalue weighted by Crippen LogP contribution is 2.36. The van der Waals surface area contributed by atoms with E-state index in [1.807, 2.05) is 6.08 Å². The Morgan fingerprint density at radius 1 is 1.27 bits per heavy atom. The van der Waals surface area contributed by atoms with Crippen molar-refractivity contribution in [1.29, 1.82) is 0 Å². The summed E-state index contributed by atoms with van der Waals surface area (Å²) in [4.78, 5) is 0. The predicted molar refractivity (Wildman–Crippen MR) is 50.4 cm³/mol. The topological polar surface area (TPSA) is 0 Å². The molecular weight excluding hydrogens is 132 g/mol. The van der Waals surface area contributed by atoms with Gasteiger partial charge in [-0.15, -0.1) is 0 Å². The van der Waals surface area contributed by atoms with Gasteiger partial charge >= 0.3 is 0 Å². The molecule has 0 heterocycles. The van der Waals surface area contributed by atoms with Gasteiger partial charge in [0, 0.05) is 0 Å². The third-order valence-corrected chi connectivity index (χ3v) is 1.89. The Kier molecular flexibility index (Phi) is 2.70. The Balaban J connectivity index is 2.59. The molecule has 1 aliphatic carbocycles. The van der Waals surface area contributed by atoms with E-state index in [0.717, 1.165) is 5.92 Å². The fourth-order valence-corrected chi connectivity index (χ4v) is 1.05. The number of allylic oxidation sites excluding steroid dienone is 5. The van der Waals surface area contributed by atoms with Crippen LogP contribution in [0.15, 0.2) is 36.0 Å². The number of hydrogen-bond acceptors (Lipinski definition) is 0. The second kappa shape index (κ2) is 3.56. The molecule has 0 spiro atoms. The Hall–Kier alpha value is -0.780. The van der Waals surface area contributed by atoms with Crippen LogP contribution in [0.5, 0.6) is 0 Å². The normalized spacial score (nSPS) is 17.8. The summed E-state index contributed by atoms with van der Waals surface area (Å²) < 4.78 is 0. The maximum absolute atomic E-state index is 3.80. The van der Waals surface area contributed by atoms with Crippen LogP contribution < -0.4 is 0 Å². The second-order valence-electron chi connectivity index (χ2n) is 3.39. The molecule has 11 heavy (non-hydrogen) atoms. The van der Waals surface area contributed by atoms with Crippen molar-refractivity contribution >= 4 is 0 Å². The van der Waals surface area contributed by atoms with Crippen molar-refractivity contribution in [1.82, 2.24) is 0 Å². The van der Waals surface area contributed by atoms with E-state index in [4.69, 9.17) is 0 Å². The summed E-state index contributed by atoms with van der Waals surface area (Å²) in [6.07, 6.45) is 9.05. The molecule has 0 unspecified atom stereocenters. The summed E-state index contributed by atoms with van der Waals surface area (Å²) in [5, 5.41) is 0. The lowest BCUT2D eigenvalue weighted by Crippen LogP contribution is -1.77. The molecule has 0 N–H and O–H groups in total. The SMILES string of the molecule is C=C/C(=C\C=C(C)C)C1CC1. The zero-order valence-electron chi connectivity index (χ0n) is 7.43. The van der Waals surface area contributed by atoms with E-state index >= 15 is 0 Å². The minimum Gasteiger partial charge on any atom is -0.0988 e. The lowest BCUT2D eigenvalue weighted by Gasteiger charge is -1.94. The van der Waals surface area contributed by atoms with Gasteiger partial charge in [0.25, 0.3) is 0 Å². The van der Waals surface area contributed by atoms with Gasteiger partial charge in [-0.2, -0.15) is 0 Å². The van der Waals surface area contributed by atoms with Gasteiger partial charge in [-0.3, -0.25) is 0 Å². The van der Waals surface area contributed by atoms with Crippen LogP contribution in [0.1, 0.15) is 26.7 Å². The van der Waals surface area contributed by atoms with E-state index in [1.54, 1.807) is 0 Å². The minimum absolute atomic E-state index is 0.822. The van der Waals surface area contributed by atoms with E-state index < -0.39 is 0 Å². The highest BCUT2D eigenvalue weighted by atomic mass is 14.3. The van der Waals surface area contributed by atoms with Crippen LogP contribution in [0.25, 0.3) is 0 Å². The van der Waals surface area contributed by atoms with Gasteiger partial charge in [0.1, 0.15) is 0 Å². The summed E-state index contributed by atoms with van der Waals surface area (Å²) in [5.74, 6) is 0.822. The van der Waals surface area contributed by atoms with Crippen LogP contribution in [0.3, 0.4) is 0 Å². The van der Waals surface area contributed by atoms with E-state index in [-0.39, 0.29) is 0 Å². The summed E-state index contributed by atoms with van der Waals surface area (Å²) >= 11 is 0. The molecule has 1 saturated carbocycles. The van der Waals surface area contributed by atoms with Crippen LogP contribution in [-0.2, 0) is 0 Å². The summed E-state index contributed by atoms with van der Waals surface area (Å²) in [6, 6.07) is 0. The molecular formula is C11H16. The quantitative estimate of drug-likeness (QED) is 0.537. The highest BCUT2D eigenvalue weighted by Gasteiger charge is 2.23. The Morgan fingerprint density at radius 2 is 1.91 bits per heavy atom. The van der Waals surface area contributed by atoms with Crippen LogP contribution >= 0.6 is 0 Å². The number of rotatable bonds is 3. The molecule has 1 rings (SSSR count). The fourth-order valence-electron chi connectivity index (χ4n) is 1.05. The van der Waals surface area contributed by atoms with Crippen molar-refractivity contribution in [2.75, 3.05) is 0 Å². The van der Waals surface area contributed by atoms with Gasteiger partial charge in [-0.25, -0.2) is 0 Å². The van der Waals surface area contributed by atoms with E-state index in [9.17, 15) is 0 Å². The third-order valence-electron chi connectivity index (χ3n) is 1.89. The Bertz CT molecular complexity index is 198. The maximum Gasteiger partial charge on any atom is -0.0162 e. The molecule has 0 bridgehead atoms. The highest BCUT2D eigenvalue weighted by molar-refractivity contribution is 5.28. The first kappa shape index (κ1) is 8.32. The molecule has 0 aromatic rings. The van der Waals surface area contributed by atoms with Crippen molar-refractivity contribution in [3.8, 4) is 0 Å². The molecule has 0 aliphatic heterocycles. The van der Waals surface area contributed by atoms with Crippen molar-refractivity contribution in [3.05, 3.63) is 36.0 Å². The van der Waals surface area contributed by atoms with Gasteiger partial charge in [0.2, 0.25) is 0 Å². The van der Waals surface area contributed by atoms with Gasteiger partial charge in [-0.1, -0.05) is 30.4 Å². The first-order chi connectivity index (χ1) is 5.24. The van der Waals surface area contributed by atoms with E-state index in [1.165, 1.54) is 24.0 Å². The fraction of sp³-hybridized carbons (Fsp3) is 0.455. The van der Waals surface area contributed by atoms with E-state index in [2.05, 4.69) is 32.6 Å². The van der Waals surface area contributed by atoms with Crippen LogP contribution in [0, 0.1) is 5.92 Å². The average Bonchev–Trinajstić information content (AvgIpc) is 2.72. The lowest BCUT2D eigenvalue weighted by atomic mass is 10.1. The van der Waals surface area contributed by atoms with Crippen molar-refractivity contribution in [3.63, 3.8) is 0 Å². The molecule has 0 aromatic carbocycles. The number of hydrogen-bond donors (Lipinski definition) is 0. The monoisotopic (exact) mass is 148 g/mol. The van der Waals surface area contributed by atoms with Crippen molar-refractivity contribution in [2.45, 2.75) is 26.7 Å². The zero-order valence-corrected chi connectivity index (χ0v) is 7.43. The predicted octanol–water partition coefficient (Wildman–Crippen LogP) is 3.48. The zero-order chi connectivity index (χ0) is 8.27. The molecule has 1 aliphatic rings. The molecule has 0 amide bonds. The minimum atomic E-state index is 0.822. The molecule has 1 fully saturated rings. The smallest absolute Gasteiger partial charge is 0.0162 e. The Labute approximate surface area is 69.3 Å². The summed E-state index contributed by atoms with van der Waals surface area (Å²) in [5.41, 5.74) is 2.76. The molecule has 0 atom stereocenters. The molecule has 0 aromatic heterocycles. The van der Waals surface area contributed by atoms with Gasteiger partial charge in [-0.05, 0) is 38.2 Å². The van der Waals surface area contributed by atoms with Gasteiger partial charge < -0.3 is 0 Å². The summed E-state index contributed by atoms with van der Waals surface area (Å²) in [7, 11) is 0. The second-order valence-corrected chi connectivity index (χ2v) is 3.39. The van der Waals surface area contributed by atoms with E-state index in [0.29, 0.717) is 0 Å². The van der Waals surface area contributed by atoms with Crippen molar-refractivity contribution < 1.29 is 0 Å². The van der Waals surface area contributed by atoms with Crippen LogP contribution in [0.2, 0.25) is 0 Å². The average molecular weight is 148 g/mol. The van der Waals surface area contributed by atoms with Gasteiger partial charge in [0.15, 0.2) is 0 Å². The molecule has 60 valence electrons. The first-order valence-corrected chi connectivity index (χ1v) is 4.21. The van der Waals surface area contributed by atoms with Crippen LogP contribution in [-0.4, -0.2) is 0 Å². The lowest BCUT2D eigenvalue weighted by molar-refractivity contribution is 1.05. The van der Waals surface area contributed by atoms with Crippen LogP contribution in [0.4, 0.5) is 0 Å². The van der Waals surface area contributed by atoms with Gasteiger partial charge in [0.05, 0.1) is 0 Å². The summed E-state index contributed by atoms with van der Waals surface area (Å²) in [6.45, 7) is 8.03. The Morgan fingerprint density at radius 3 is 2.27 bits per heavy atom. The molecule has 0 radical (unpaired) electrons. The van der Waals surface area contributed by atoms with Crippen molar-refractivity contribution in [2.24, 2.45) is 5.92 Å². The molecule has 0 saturated heterocycles. The first-order valence-electron chi connectivity index (χ1n) is 4.21.